The number of benzene rings is 2. The second kappa shape index (κ2) is 8.23. The normalized spacial score (nSPS) is 18.7. The van der Waals surface area contributed by atoms with E-state index >= 15 is 0 Å². The Morgan fingerprint density at radius 3 is 2.31 bits per heavy atom. The summed E-state index contributed by atoms with van der Waals surface area (Å²) in [7, 11) is -3.14. The monoisotopic (exact) mass is 373 g/mol. The Kier molecular flexibility index (Phi) is 5.99. The van der Waals surface area contributed by atoms with Gasteiger partial charge in [0.15, 0.2) is 9.84 Å². The Morgan fingerprint density at radius 1 is 1.00 bits per heavy atom. The summed E-state index contributed by atoms with van der Waals surface area (Å²) in [4.78, 5) is 2.91. The van der Waals surface area contributed by atoms with Gasteiger partial charge in [-0.05, 0) is 67.6 Å². The van der Waals surface area contributed by atoms with Gasteiger partial charge in [-0.1, -0.05) is 30.7 Å². The topological polar surface area (TPSA) is 57.6 Å². The predicted octanol–water partition coefficient (Wildman–Crippen LogP) is 3.78. The molecule has 26 heavy (non-hydrogen) atoms. The summed E-state index contributed by atoms with van der Waals surface area (Å²) in [5, 5.41) is 9.40. The molecular formula is C21H27NO3S. The second-order valence-electron chi connectivity index (χ2n) is 7.24. The molecule has 2 aromatic carbocycles. The van der Waals surface area contributed by atoms with Crippen LogP contribution in [0.4, 0.5) is 0 Å². The predicted molar refractivity (Wildman–Crippen MR) is 104 cm³/mol. The Hall–Kier alpha value is -1.85. The maximum atomic E-state index is 11.6. The van der Waals surface area contributed by atoms with Crippen LogP contribution in [0.2, 0.25) is 0 Å². The average Bonchev–Trinajstić information content (AvgIpc) is 2.62. The summed E-state index contributed by atoms with van der Waals surface area (Å²) in [5.74, 6) is 0.311. The van der Waals surface area contributed by atoms with Gasteiger partial charge in [0.2, 0.25) is 0 Å². The summed E-state index contributed by atoms with van der Waals surface area (Å²) in [5.41, 5.74) is 2.42. The first kappa shape index (κ1) is 18.9. The Morgan fingerprint density at radius 2 is 1.65 bits per heavy atom. The molecule has 1 saturated heterocycles. The van der Waals surface area contributed by atoms with Gasteiger partial charge in [-0.25, -0.2) is 8.42 Å². The highest BCUT2D eigenvalue weighted by Gasteiger charge is 2.22. The number of sulfone groups is 1. The van der Waals surface area contributed by atoms with E-state index in [0.29, 0.717) is 16.7 Å². The number of nitrogens with zero attached hydrogens (tertiary/aromatic N) is 1. The van der Waals surface area contributed by atoms with E-state index in [9.17, 15) is 13.5 Å². The first-order chi connectivity index (χ1) is 12.4. The third-order valence-corrected chi connectivity index (χ3v) is 6.32. The third kappa shape index (κ3) is 5.08. The summed E-state index contributed by atoms with van der Waals surface area (Å²) in [6.45, 7) is 1.96. The molecule has 1 aliphatic rings. The molecule has 5 heteroatoms. The number of hydrogen-bond acceptors (Lipinski definition) is 4. The van der Waals surface area contributed by atoms with Crippen LogP contribution in [0, 0.1) is 0 Å². The maximum absolute atomic E-state index is 11.6. The molecule has 0 aliphatic carbocycles. The number of aryl methyl sites for hydroxylation is 1. The fourth-order valence-electron chi connectivity index (χ4n) is 3.67. The van der Waals surface area contributed by atoms with Gasteiger partial charge < -0.3 is 5.11 Å². The fourth-order valence-corrected chi connectivity index (χ4v) is 4.30. The van der Waals surface area contributed by atoms with E-state index in [1.54, 1.807) is 24.3 Å². The second-order valence-corrected chi connectivity index (χ2v) is 9.26. The molecule has 1 N–H and O–H groups in total. The molecular weight excluding hydrogens is 346 g/mol. The molecule has 0 saturated carbocycles. The number of phenolic OH excluding ortho intramolecular Hbond substituents is 1. The number of likely N-dealkylation sites (tertiary alicyclic amines) is 1. The minimum Gasteiger partial charge on any atom is -0.508 e. The number of phenols is 1. The number of rotatable bonds is 6. The number of hydrogen-bond donors (Lipinski definition) is 1. The SMILES string of the molecule is CS(=O)(=O)c1ccc(CN2CCCCC2CCc2ccc(O)cc2)cc1. The van der Waals surface area contributed by atoms with Crippen molar-refractivity contribution in [3.63, 3.8) is 0 Å². The van der Waals surface area contributed by atoms with Crippen molar-refractivity contribution in [2.24, 2.45) is 0 Å². The van der Waals surface area contributed by atoms with E-state index in [4.69, 9.17) is 0 Å². The zero-order valence-corrected chi connectivity index (χ0v) is 16.1. The highest BCUT2D eigenvalue weighted by Crippen LogP contribution is 2.24. The van der Waals surface area contributed by atoms with Gasteiger partial charge >= 0.3 is 0 Å². The van der Waals surface area contributed by atoms with Gasteiger partial charge in [-0.15, -0.1) is 0 Å². The summed E-state index contributed by atoms with van der Waals surface area (Å²) in [6, 6.07) is 15.3. The van der Waals surface area contributed by atoms with Gasteiger partial charge in [-0.2, -0.15) is 0 Å². The van der Waals surface area contributed by atoms with Crippen LogP contribution in [0.1, 0.15) is 36.8 Å². The standard InChI is InChI=1S/C21H27NO3S/c1-26(24,25)21-13-8-18(9-14-21)16-22-15-3-2-4-19(22)10-5-17-6-11-20(23)12-7-17/h6-9,11-14,19,23H,2-5,10,15-16H2,1H3. The Bertz CT molecular complexity index is 813. The molecule has 0 radical (unpaired) electrons. The maximum Gasteiger partial charge on any atom is 0.175 e. The molecule has 1 heterocycles. The van der Waals surface area contributed by atoms with Crippen LogP contribution in [-0.4, -0.2) is 37.3 Å². The van der Waals surface area contributed by atoms with Gasteiger partial charge in [0.1, 0.15) is 5.75 Å². The van der Waals surface area contributed by atoms with Gasteiger partial charge in [0.25, 0.3) is 0 Å². The highest BCUT2D eigenvalue weighted by atomic mass is 32.2. The minimum absolute atomic E-state index is 0.311. The molecule has 0 spiro atoms. The number of piperidine rings is 1. The molecule has 140 valence electrons. The first-order valence-electron chi connectivity index (χ1n) is 9.23. The molecule has 3 rings (SSSR count). The Labute approximate surface area is 156 Å². The van der Waals surface area contributed by atoms with E-state index in [2.05, 4.69) is 4.90 Å². The van der Waals surface area contributed by atoms with E-state index in [1.165, 1.54) is 31.1 Å². The molecule has 1 aliphatic heterocycles. The lowest BCUT2D eigenvalue weighted by Crippen LogP contribution is -2.39. The molecule has 0 bridgehead atoms. The summed E-state index contributed by atoms with van der Waals surface area (Å²) in [6.07, 6.45) is 7.05. The fraction of sp³-hybridized carbons (Fsp3) is 0.429. The van der Waals surface area contributed by atoms with Crippen LogP contribution >= 0.6 is 0 Å². The Balaban J connectivity index is 1.62. The largest absolute Gasteiger partial charge is 0.508 e. The molecule has 2 aromatic rings. The van der Waals surface area contributed by atoms with Crippen molar-refractivity contribution < 1.29 is 13.5 Å². The van der Waals surface area contributed by atoms with Crippen molar-refractivity contribution in [1.82, 2.24) is 4.90 Å². The van der Waals surface area contributed by atoms with Crippen molar-refractivity contribution in [3.8, 4) is 5.75 Å². The first-order valence-corrected chi connectivity index (χ1v) is 11.1. The average molecular weight is 374 g/mol. The van der Waals surface area contributed by atoms with Crippen molar-refractivity contribution in [3.05, 3.63) is 59.7 Å². The molecule has 1 atom stereocenters. The van der Waals surface area contributed by atoms with Gasteiger partial charge in [-0.3, -0.25) is 4.90 Å². The lowest BCUT2D eigenvalue weighted by molar-refractivity contribution is 0.132. The summed E-state index contributed by atoms with van der Waals surface area (Å²) >= 11 is 0. The van der Waals surface area contributed by atoms with Crippen molar-refractivity contribution in [2.45, 2.75) is 49.6 Å². The quantitative estimate of drug-likeness (QED) is 0.837. The van der Waals surface area contributed by atoms with Crippen LogP contribution in [0.25, 0.3) is 0 Å². The van der Waals surface area contributed by atoms with Crippen molar-refractivity contribution >= 4 is 9.84 Å². The zero-order chi connectivity index (χ0) is 18.6. The van der Waals surface area contributed by atoms with Crippen LogP contribution in [0.3, 0.4) is 0 Å². The third-order valence-electron chi connectivity index (χ3n) is 5.19. The molecule has 1 fully saturated rings. The molecule has 0 aromatic heterocycles. The number of aromatic hydroxyl groups is 1. The van der Waals surface area contributed by atoms with E-state index in [-0.39, 0.29) is 0 Å². The van der Waals surface area contributed by atoms with E-state index < -0.39 is 9.84 Å². The van der Waals surface area contributed by atoms with Crippen molar-refractivity contribution in [2.75, 3.05) is 12.8 Å². The van der Waals surface area contributed by atoms with Crippen LogP contribution in [0.15, 0.2) is 53.4 Å². The smallest absolute Gasteiger partial charge is 0.175 e. The van der Waals surface area contributed by atoms with Crippen LogP contribution in [-0.2, 0) is 22.8 Å². The van der Waals surface area contributed by atoms with E-state index in [1.807, 2.05) is 24.3 Å². The van der Waals surface area contributed by atoms with Gasteiger partial charge in [0, 0.05) is 18.8 Å². The van der Waals surface area contributed by atoms with Gasteiger partial charge in [0.05, 0.1) is 4.90 Å². The lowest BCUT2D eigenvalue weighted by atomic mass is 9.95. The molecule has 1 unspecified atom stereocenters. The minimum atomic E-state index is -3.14. The lowest BCUT2D eigenvalue weighted by Gasteiger charge is -2.36. The van der Waals surface area contributed by atoms with Crippen LogP contribution < -0.4 is 0 Å². The molecule has 4 nitrogen and oxygen atoms in total. The molecule has 0 amide bonds. The summed E-state index contributed by atoms with van der Waals surface area (Å²) < 4.78 is 23.2. The zero-order valence-electron chi connectivity index (χ0n) is 15.3. The van der Waals surface area contributed by atoms with Crippen LogP contribution in [0.5, 0.6) is 5.75 Å². The highest BCUT2D eigenvalue weighted by molar-refractivity contribution is 7.90. The van der Waals surface area contributed by atoms with E-state index in [0.717, 1.165) is 31.5 Å². The van der Waals surface area contributed by atoms with Crippen molar-refractivity contribution in [1.29, 1.82) is 0 Å².